The van der Waals surface area contributed by atoms with Gasteiger partial charge in [0.2, 0.25) is 11.0 Å². The second-order valence-corrected chi connectivity index (χ2v) is 6.14. The predicted octanol–water partition coefficient (Wildman–Crippen LogP) is 2.36. The number of nitrogens with one attached hydrogen (secondary N) is 2. The third kappa shape index (κ3) is 5.96. The Morgan fingerprint density at radius 3 is 2.71 bits per heavy atom. The van der Waals surface area contributed by atoms with Crippen LogP contribution in [0.25, 0.3) is 0 Å². The highest BCUT2D eigenvalue weighted by Crippen LogP contribution is 2.25. The van der Waals surface area contributed by atoms with Gasteiger partial charge in [0.05, 0.1) is 6.42 Å². The van der Waals surface area contributed by atoms with Gasteiger partial charge in [0.15, 0.2) is 0 Å². The molecular formula is C12H17F3N4OS. The molecule has 1 saturated heterocycles. The average Bonchev–Trinajstić information content (AvgIpc) is 2.82. The third-order valence-corrected chi connectivity index (χ3v) is 4.14. The normalized spacial score (nSPS) is 16.9. The van der Waals surface area contributed by atoms with E-state index in [1.165, 1.54) is 0 Å². The van der Waals surface area contributed by atoms with E-state index in [0.29, 0.717) is 12.3 Å². The van der Waals surface area contributed by atoms with E-state index in [4.69, 9.17) is 0 Å². The highest BCUT2D eigenvalue weighted by atomic mass is 32.1. The van der Waals surface area contributed by atoms with Gasteiger partial charge >= 0.3 is 6.18 Å². The number of rotatable bonds is 5. The second kappa shape index (κ2) is 7.17. The molecule has 0 radical (unpaired) electrons. The zero-order chi connectivity index (χ0) is 15.3. The number of alkyl halides is 3. The quantitative estimate of drug-likeness (QED) is 0.873. The SMILES string of the molecule is O=C(CCC1CCNCC1)Nc1nnc(CC(F)(F)F)s1. The molecule has 1 aromatic heterocycles. The highest BCUT2D eigenvalue weighted by Gasteiger charge is 2.30. The first kappa shape index (κ1) is 16.2. The Bertz CT molecular complexity index is 471. The van der Waals surface area contributed by atoms with Crippen molar-refractivity contribution in [1.29, 1.82) is 0 Å². The first-order valence-electron chi connectivity index (χ1n) is 6.82. The molecule has 2 heterocycles. The molecule has 5 nitrogen and oxygen atoms in total. The molecule has 1 aromatic rings. The summed E-state index contributed by atoms with van der Waals surface area (Å²) in [6.45, 7) is 1.95. The van der Waals surface area contributed by atoms with Crippen LogP contribution < -0.4 is 10.6 Å². The first-order chi connectivity index (χ1) is 9.92. The molecule has 0 saturated carbocycles. The standard InChI is InChI=1S/C12H17F3N4OS/c13-12(14,15)7-10-18-19-11(21-10)17-9(20)2-1-8-3-5-16-6-4-8/h8,16H,1-7H2,(H,17,19,20). The Morgan fingerprint density at radius 1 is 1.33 bits per heavy atom. The number of hydrogen-bond acceptors (Lipinski definition) is 5. The van der Waals surface area contributed by atoms with Gasteiger partial charge in [-0.3, -0.25) is 4.79 Å². The molecule has 2 N–H and O–H groups in total. The van der Waals surface area contributed by atoms with Gasteiger partial charge in [0.25, 0.3) is 0 Å². The van der Waals surface area contributed by atoms with Gasteiger partial charge in [0.1, 0.15) is 5.01 Å². The number of nitrogens with zero attached hydrogens (tertiary/aromatic N) is 2. The number of aromatic nitrogens is 2. The van der Waals surface area contributed by atoms with Crippen LogP contribution in [-0.2, 0) is 11.2 Å². The fraction of sp³-hybridized carbons (Fsp3) is 0.750. The van der Waals surface area contributed by atoms with Crippen LogP contribution in [0.2, 0.25) is 0 Å². The second-order valence-electron chi connectivity index (χ2n) is 5.07. The summed E-state index contributed by atoms with van der Waals surface area (Å²) in [6, 6.07) is 0. The minimum atomic E-state index is -4.31. The molecule has 2 rings (SSSR count). The lowest BCUT2D eigenvalue weighted by molar-refractivity contribution is -0.127. The minimum Gasteiger partial charge on any atom is -0.317 e. The monoisotopic (exact) mass is 322 g/mol. The third-order valence-electron chi connectivity index (χ3n) is 3.30. The number of hydrogen-bond donors (Lipinski definition) is 2. The molecule has 1 aliphatic rings. The Kier molecular flexibility index (Phi) is 5.51. The molecule has 0 aliphatic carbocycles. The van der Waals surface area contributed by atoms with Gasteiger partial charge in [-0.25, -0.2) is 0 Å². The summed E-state index contributed by atoms with van der Waals surface area (Å²) in [5.41, 5.74) is 0. The van der Waals surface area contributed by atoms with Crippen LogP contribution in [0.1, 0.15) is 30.7 Å². The largest absolute Gasteiger partial charge is 0.395 e. The van der Waals surface area contributed by atoms with Crippen molar-refractivity contribution in [2.45, 2.75) is 38.3 Å². The van der Waals surface area contributed by atoms with Crippen LogP contribution in [0, 0.1) is 5.92 Å². The molecule has 0 aromatic carbocycles. The number of amides is 1. The summed E-state index contributed by atoms with van der Waals surface area (Å²) >= 11 is 0.765. The summed E-state index contributed by atoms with van der Waals surface area (Å²) < 4.78 is 36.6. The molecule has 9 heteroatoms. The van der Waals surface area contributed by atoms with E-state index in [-0.39, 0.29) is 16.0 Å². The van der Waals surface area contributed by atoms with E-state index in [0.717, 1.165) is 43.7 Å². The van der Waals surface area contributed by atoms with Crippen LogP contribution in [0.3, 0.4) is 0 Å². The number of anilines is 1. The Morgan fingerprint density at radius 2 is 2.05 bits per heavy atom. The Balaban J connectivity index is 1.74. The first-order valence-corrected chi connectivity index (χ1v) is 7.64. The van der Waals surface area contributed by atoms with Crippen LogP contribution in [-0.4, -0.2) is 35.4 Å². The lowest BCUT2D eigenvalue weighted by atomic mass is 9.93. The Hall–Kier alpha value is -1.22. The van der Waals surface area contributed by atoms with Crippen molar-refractivity contribution < 1.29 is 18.0 Å². The van der Waals surface area contributed by atoms with Gasteiger partial charge in [-0.05, 0) is 38.3 Å². The minimum absolute atomic E-state index is 0.129. The smallest absolute Gasteiger partial charge is 0.317 e. The van der Waals surface area contributed by atoms with Crippen molar-refractivity contribution in [3.05, 3.63) is 5.01 Å². The predicted molar refractivity (Wildman–Crippen MR) is 73.1 cm³/mol. The lowest BCUT2D eigenvalue weighted by Crippen LogP contribution is -2.28. The zero-order valence-corrected chi connectivity index (χ0v) is 12.2. The molecule has 118 valence electrons. The molecule has 0 spiro atoms. The molecule has 0 bridgehead atoms. The van der Waals surface area contributed by atoms with E-state index in [1.54, 1.807) is 0 Å². The summed E-state index contributed by atoms with van der Waals surface area (Å²) in [5.74, 6) is 0.315. The summed E-state index contributed by atoms with van der Waals surface area (Å²) in [4.78, 5) is 11.7. The van der Waals surface area contributed by atoms with Crippen LogP contribution >= 0.6 is 11.3 Å². The molecular weight excluding hydrogens is 305 g/mol. The van der Waals surface area contributed by atoms with Crippen LogP contribution in [0.4, 0.5) is 18.3 Å². The van der Waals surface area contributed by atoms with Crippen molar-refractivity contribution in [2.24, 2.45) is 5.92 Å². The van der Waals surface area contributed by atoms with Crippen molar-refractivity contribution in [3.8, 4) is 0 Å². The van der Waals surface area contributed by atoms with Gasteiger partial charge in [-0.1, -0.05) is 11.3 Å². The average molecular weight is 322 g/mol. The zero-order valence-electron chi connectivity index (χ0n) is 11.4. The van der Waals surface area contributed by atoms with Gasteiger partial charge in [0, 0.05) is 6.42 Å². The fourth-order valence-corrected chi connectivity index (χ4v) is 3.02. The summed E-state index contributed by atoms with van der Waals surface area (Å²) in [5, 5.41) is 12.7. The van der Waals surface area contributed by atoms with Crippen LogP contribution in [0.5, 0.6) is 0 Å². The van der Waals surface area contributed by atoms with E-state index >= 15 is 0 Å². The topological polar surface area (TPSA) is 66.9 Å². The van der Waals surface area contributed by atoms with E-state index in [2.05, 4.69) is 20.8 Å². The Labute approximate surface area is 124 Å². The van der Waals surface area contributed by atoms with E-state index in [9.17, 15) is 18.0 Å². The number of carbonyl (C=O) groups is 1. The lowest BCUT2D eigenvalue weighted by Gasteiger charge is -2.21. The number of piperidine rings is 1. The molecule has 0 unspecified atom stereocenters. The van der Waals surface area contributed by atoms with Gasteiger partial charge in [-0.2, -0.15) is 13.2 Å². The number of halogens is 3. The molecule has 1 aliphatic heterocycles. The fourth-order valence-electron chi connectivity index (χ4n) is 2.23. The van der Waals surface area contributed by atoms with Crippen molar-refractivity contribution in [1.82, 2.24) is 15.5 Å². The maximum absolute atomic E-state index is 12.2. The van der Waals surface area contributed by atoms with Crippen molar-refractivity contribution in [3.63, 3.8) is 0 Å². The maximum atomic E-state index is 12.2. The van der Waals surface area contributed by atoms with Crippen molar-refractivity contribution >= 4 is 22.4 Å². The molecule has 1 amide bonds. The van der Waals surface area contributed by atoms with E-state index < -0.39 is 12.6 Å². The van der Waals surface area contributed by atoms with E-state index in [1.807, 2.05) is 0 Å². The summed E-state index contributed by atoms with van der Waals surface area (Å²) in [7, 11) is 0. The molecule has 21 heavy (non-hydrogen) atoms. The number of carbonyl (C=O) groups excluding carboxylic acids is 1. The molecule has 0 atom stereocenters. The van der Waals surface area contributed by atoms with Gasteiger partial charge < -0.3 is 10.6 Å². The molecule has 1 fully saturated rings. The maximum Gasteiger partial charge on any atom is 0.395 e. The summed E-state index contributed by atoms with van der Waals surface area (Å²) in [6.07, 6.45) is -2.16. The highest BCUT2D eigenvalue weighted by molar-refractivity contribution is 7.15. The van der Waals surface area contributed by atoms with Gasteiger partial charge in [-0.15, -0.1) is 10.2 Å². The van der Waals surface area contributed by atoms with Crippen LogP contribution in [0.15, 0.2) is 0 Å². The van der Waals surface area contributed by atoms with Crippen molar-refractivity contribution in [2.75, 3.05) is 18.4 Å².